The Hall–Kier alpha value is -2.88. The molecule has 1 aromatic carbocycles. The van der Waals surface area contributed by atoms with Crippen molar-refractivity contribution in [3.8, 4) is 0 Å². The van der Waals surface area contributed by atoms with Crippen LogP contribution in [-0.2, 0) is 0 Å². The van der Waals surface area contributed by atoms with Crippen molar-refractivity contribution in [3.63, 3.8) is 0 Å². The molecule has 2 aromatic heterocycles. The molecule has 2 heterocycles. The van der Waals surface area contributed by atoms with Crippen LogP contribution in [0.25, 0.3) is 0 Å². The third kappa shape index (κ3) is 3.11. The molecule has 20 heavy (non-hydrogen) atoms. The van der Waals surface area contributed by atoms with Crippen LogP contribution in [0.3, 0.4) is 0 Å². The average molecular weight is 262 g/mol. The van der Waals surface area contributed by atoms with Gasteiger partial charge >= 0.3 is 0 Å². The largest absolute Gasteiger partial charge is 0.340 e. The number of rotatable bonds is 4. The van der Waals surface area contributed by atoms with Crippen LogP contribution in [0.5, 0.6) is 0 Å². The number of anilines is 4. The lowest BCUT2D eigenvalue weighted by Gasteiger charge is -2.09. The number of nitrogens with one attached hydrogen (secondary N) is 2. The standard InChI is InChI=1S/C16H14N4/c1-3-10-17-15(8-1)19-13-6-5-7-14(12-13)20-16-9-2-4-11-18-16/h1-12H,(H,17,19)(H,18,20). The van der Waals surface area contributed by atoms with E-state index in [9.17, 15) is 0 Å². The van der Waals surface area contributed by atoms with Crippen molar-refractivity contribution in [3.05, 3.63) is 73.1 Å². The van der Waals surface area contributed by atoms with E-state index in [0.29, 0.717) is 0 Å². The van der Waals surface area contributed by atoms with Crippen molar-refractivity contribution in [1.29, 1.82) is 0 Å². The monoisotopic (exact) mass is 262 g/mol. The summed E-state index contributed by atoms with van der Waals surface area (Å²) >= 11 is 0. The fourth-order valence-corrected chi connectivity index (χ4v) is 1.84. The van der Waals surface area contributed by atoms with Crippen molar-refractivity contribution in [1.82, 2.24) is 9.97 Å². The molecule has 3 aromatic rings. The van der Waals surface area contributed by atoms with Crippen LogP contribution in [0, 0.1) is 0 Å². The van der Waals surface area contributed by atoms with Crippen LogP contribution < -0.4 is 10.6 Å². The van der Waals surface area contributed by atoms with E-state index < -0.39 is 0 Å². The molecule has 0 saturated carbocycles. The number of benzene rings is 1. The van der Waals surface area contributed by atoms with Crippen LogP contribution in [0.1, 0.15) is 0 Å². The second kappa shape index (κ2) is 5.84. The van der Waals surface area contributed by atoms with Gasteiger partial charge in [-0.25, -0.2) is 9.97 Å². The number of aromatic nitrogens is 2. The summed E-state index contributed by atoms with van der Waals surface area (Å²) in [7, 11) is 0. The summed E-state index contributed by atoms with van der Waals surface area (Å²) in [5.41, 5.74) is 1.95. The minimum Gasteiger partial charge on any atom is -0.340 e. The normalized spacial score (nSPS) is 10.0. The Morgan fingerprint density at radius 2 is 1.15 bits per heavy atom. The Morgan fingerprint density at radius 3 is 1.60 bits per heavy atom. The summed E-state index contributed by atoms with van der Waals surface area (Å²) in [4.78, 5) is 8.49. The fraction of sp³-hybridized carbons (Fsp3) is 0. The fourth-order valence-electron chi connectivity index (χ4n) is 1.84. The second-order valence-corrected chi connectivity index (χ2v) is 4.26. The van der Waals surface area contributed by atoms with E-state index in [4.69, 9.17) is 0 Å². The van der Waals surface area contributed by atoms with Crippen molar-refractivity contribution < 1.29 is 0 Å². The molecule has 0 radical (unpaired) electrons. The molecule has 0 aliphatic carbocycles. The minimum absolute atomic E-state index is 0.822. The van der Waals surface area contributed by atoms with E-state index in [1.54, 1.807) is 12.4 Å². The molecule has 0 amide bonds. The minimum atomic E-state index is 0.822. The number of hydrogen-bond acceptors (Lipinski definition) is 4. The summed E-state index contributed by atoms with van der Waals surface area (Å²) in [5, 5.41) is 6.52. The third-order valence-corrected chi connectivity index (χ3v) is 2.74. The molecule has 2 N–H and O–H groups in total. The van der Waals surface area contributed by atoms with Gasteiger partial charge in [-0.1, -0.05) is 18.2 Å². The van der Waals surface area contributed by atoms with E-state index in [0.717, 1.165) is 23.0 Å². The zero-order valence-electron chi connectivity index (χ0n) is 10.8. The predicted octanol–water partition coefficient (Wildman–Crippen LogP) is 3.96. The van der Waals surface area contributed by atoms with Crippen LogP contribution in [0.2, 0.25) is 0 Å². The van der Waals surface area contributed by atoms with Crippen molar-refractivity contribution in [2.75, 3.05) is 10.6 Å². The number of hydrogen-bond donors (Lipinski definition) is 2. The van der Waals surface area contributed by atoms with Crippen molar-refractivity contribution >= 4 is 23.0 Å². The van der Waals surface area contributed by atoms with E-state index >= 15 is 0 Å². The molecule has 0 spiro atoms. The Balaban J connectivity index is 1.76. The summed E-state index contributed by atoms with van der Waals surface area (Å²) in [6.45, 7) is 0. The molecule has 0 unspecified atom stereocenters. The van der Waals surface area contributed by atoms with Gasteiger partial charge in [-0.15, -0.1) is 0 Å². The quantitative estimate of drug-likeness (QED) is 0.747. The molecule has 98 valence electrons. The van der Waals surface area contributed by atoms with Crippen LogP contribution in [0.15, 0.2) is 73.1 Å². The van der Waals surface area contributed by atoms with Gasteiger partial charge in [0.1, 0.15) is 11.6 Å². The number of pyridine rings is 2. The number of nitrogens with zero attached hydrogens (tertiary/aromatic N) is 2. The molecule has 0 bridgehead atoms. The maximum atomic E-state index is 4.24. The molecule has 4 nitrogen and oxygen atoms in total. The summed E-state index contributed by atoms with van der Waals surface area (Å²) in [6, 6.07) is 19.5. The van der Waals surface area contributed by atoms with Gasteiger partial charge in [-0.3, -0.25) is 0 Å². The molecule has 0 aliphatic heterocycles. The van der Waals surface area contributed by atoms with Gasteiger partial charge in [-0.05, 0) is 42.5 Å². The van der Waals surface area contributed by atoms with E-state index in [2.05, 4.69) is 20.6 Å². The molecular weight excluding hydrogens is 248 g/mol. The predicted molar refractivity (Wildman–Crippen MR) is 81.5 cm³/mol. The molecule has 4 heteroatoms. The highest BCUT2D eigenvalue weighted by atomic mass is 15.0. The highest BCUT2D eigenvalue weighted by Gasteiger charge is 1.98. The van der Waals surface area contributed by atoms with Crippen LogP contribution >= 0.6 is 0 Å². The first-order valence-electron chi connectivity index (χ1n) is 6.36. The van der Waals surface area contributed by atoms with Gasteiger partial charge in [0, 0.05) is 23.8 Å². The maximum Gasteiger partial charge on any atom is 0.130 e. The van der Waals surface area contributed by atoms with Gasteiger partial charge in [0.25, 0.3) is 0 Å². The first-order chi connectivity index (χ1) is 9.90. The zero-order chi connectivity index (χ0) is 13.6. The Morgan fingerprint density at radius 1 is 0.600 bits per heavy atom. The molecular formula is C16H14N4. The third-order valence-electron chi connectivity index (χ3n) is 2.74. The lowest BCUT2D eigenvalue weighted by molar-refractivity contribution is 1.30. The lowest BCUT2D eigenvalue weighted by atomic mass is 10.2. The summed E-state index contributed by atoms with van der Waals surface area (Å²) in [6.07, 6.45) is 3.52. The summed E-state index contributed by atoms with van der Waals surface area (Å²) in [5.74, 6) is 1.64. The molecule has 3 rings (SSSR count). The Kier molecular flexibility index (Phi) is 3.55. The first kappa shape index (κ1) is 12.2. The molecule has 0 saturated heterocycles. The first-order valence-corrected chi connectivity index (χ1v) is 6.36. The van der Waals surface area contributed by atoms with E-state index in [1.807, 2.05) is 60.7 Å². The van der Waals surface area contributed by atoms with E-state index in [-0.39, 0.29) is 0 Å². The van der Waals surface area contributed by atoms with E-state index in [1.165, 1.54) is 0 Å². The Labute approximate surface area is 117 Å². The van der Waals surface area contributed by atoms with Gasteiger partial charge in [0.2, 0.25) is 0 Å². The smallest absolute Gasteiger partial charge is 0.130 e. The summed E-state index contributed by atoms with van der Waals surface area (Å²) < 4.78 is 0. The zero-order valence-corrected chi connectivity index (χ0v) is 10.8. The molecule has 0 fully saturated rings. The second-order valence-electron chi connectivity index (χ2n) is 4.26. The van der Waals surface area contributed by atoms with Crippen LogP contribution in [0.4, 0.5) is 23.0 Å². The van der Waals surface area contributed by atoms with Gasteiger partial charge < -0.3 is 10.6 Å². The highest BCUT2D eigenvalue weighted by Crippen LogP contribution is 2.20. The average Bonchev–Trinajstić information content (AvgIpc) is 2.50. The van der Waals surface area contributed by atoms with Gasteiger partial charge in [0.15, 0.2) is 0 Å². The SMILES string of the molecule is c1ccc(Nc2cccc(Nc3ccccn3)c2)nc1. The molecule has 0 atom stereocenters. The Bertz CT molecular complexity index is 612. The van der Waals surface area contributed by atoms with Gasteiger partial charge in [-0.2, -0.15) is 0 Å². The maximum absolute atomic E-state index is 4.24. The van der Waals surface area contributed by atoms with Crippen molar-refractivity contribution in [2.24, 2.45) is 0 Å². The topological polar surface area (TPSA) is 49.8 Å². The lowest BCUT2D eigenvalue weighted by Crippen LogP contribution is -1.95. The van der Waals surface area contributed by atoms with Crippen LogP contribution in [-0.4, -0.2) is 9.97 Å². The van der Waals surface area contributed by atoms with Gasteiger partial charge in [0.05, 0.1) is 0 Å². The highest BCUT2D eigenvalue weighted by molar-refractivity contribution is 5.65. The molecule has 0 aliphatic rings. The van der Waals surface area contributed by atoms with Crippen molar-refractivity contribution in [2.45, 2.75) is 0 Å².